The van der Waals surface area contributed by atoms with E-state index in [0.29, 0.717) is 24.9 Å². The Kier molecular flexibility index (Phi) is 4.14. The predicted octanol–water partition coefficient (Wildman–Crippen LogP) is 4.20. The summed E-state index contributed by atoms with van der Waals surface area (Å²) in [6.07, 6.45) is -4.47. The van der Waals surface area contributed by atoms with Crippen LogP contribution in [0.3, 0.4) is 0 Å². The number of rotatable bonds is 1. The molecule has 0 spiro atoms. The second-order valence-electron chi connectivity index (χ2n) is 5.36. The first-order valence-corrected chi connectivity index (χ1v) is 7.15. The average molecular weight is 350 g/mol. The highest BCUT2D eigenvalue weighted by Crippen LogP contribution is 2.35. The van der Waals surface area contributed by atoms with Crippen molar-refractivity contribution >= 4 is 21.8 Å². The summed E-state index contributed by atoms with van der Waals surface area (Å²) in [7, 11) is 0. The van der Waals surface area contributed by atoms with Crippen LogP contribution >= 0.6 is 15.9 Å². The van der Waals surface area contributed by atoms with Gasteiger partial charge < -0.3 is 4.90 Å². The Labute approximate surface area is 124 Å². The van der Waals surface area contributed by atoms with E-state index in [0.717, 1.165) is 6.07 Å². The largest absolute Gasteiger partial charge is 0.417 e. The van der Waals surface area contributed by atoms with Gasteiger partial charge in [0.05, 0.1) is 5.56 Å². The molecule has 0 N–H and O–H groups in total. The molecule has 1 amide bonds. The molecular formula is C14H15BrF3NO. The van der Waals surface area contributed by atoms with E-state index in [1.54, 1.807) is 4.90 Å². The highest BCUT2D eigenvalue weighted by molar-refractivity contribution is 9.10. The van der Waals surface area contributed by atoms with E-state index in [9.17, 15) is 18.0 Å². The number of amides is 1. The van der Waals surface area contributed by atoms with Crippen molar-refractivity contribution in [2.45, 2.75) is 20.0 Å². The summed E-state index contributed by atoms with van der Waals surface area (Å²) in [6, 6.07) is 3.62. The first-order chi connectivity index (χ1) is 9.20. The number of benzene rings is 1. The maximum absolute atomic E-state index is 12.8. The van der Waals surface area contributed by atoms with Gasteiger partial charge in [0.25, 0.3) is 5.91 Å². The number of halogens is 4. The molecule has 0 saturated carbocycles. The van der Waals surface area contributed by atoms with Crippen LogP contribution in [-0.2, 0) is 6.18 Å². The van der Waals surface area contributed by atoms with E-state index in [1.807, 2.05) is 13.8 Å². The van der Waals surface area contributed by atoms with Crippen molar-refractivity contribution in [1.29, 1.82) is 0 Å². The quantitative estimate of drug-likeness (QED) is 0.744. The zero-order valence-corrected chi connectivity index (χ0v) is 12.8. The fourth-order valence-corrected chi connectivity index (χ4v) is 2.83. The standard InChI is InChI=1S/C14H15BrF3NO/c1-8-6-19(7-9(8)2)13(20)10-3-4-12(15)11(5-10)14(16,17)18/h3-5,8-9H,6-7H2,1-2H3. The maximum atomic E-state index is 12.8. The number of hydrogen-bond donors (Lipinski definition) is 0. The molecule has 20 heavy (non-hydrogen) atoms. The molecule has 110 valence electrons. The number of nitrogens with zero attached hydrogens (tertiary/aromatic N) is 1. The molecule has 1 aliphatic heterocycles. The Morgan fingerprint density at radius 3 is 2.30 bits per heavy atom. The first kappa shape index (κ1) is 15.4. The van der Waals surface area contributed by atoms with Gasteiger partial charge in [0.2, 0.25) is 0 Å². The fourth-order valence-electron chi connectivity index (χ4n) is 2.35. The Morgan fingerprint density at radius 1 is 1.25 bits per heavy atom. The van der Waals surface area contributed by atoms with Crippen LogP contribution in [0.25, 0.3) is 0 Å². The summed E-state index contributed by atoms with van der Waals surface area (Å²) in [6.45, 7) is 5.27. The third-order valence-electron chi connectivity index (χ3n) is 3.79. The summed E-state index contributed by atoms with van der Waals surface area (Å²) in [5.41, 5.74) is -0.731. The van der Waals surface area contributed by atoms with Crippen LogP contribution in [-0.4, -0.2) is 23.9 Å². The molecular weight excluding hydrogens is 335 g/mol. The number of carbonyl (C=O) groups excluding carboxylic acids is 1. The van der Waals surface area contributed by atoms with E-state index in [1.165, 1.54) is 12.1 Å². The molecule has 2 atom stereocenters. The number of likely N-dealkylation sites (tertiary alicyclic amines) is 1. The molecule has 1 aromatic rings. The lowest BCUT2D eigenvalue weighted by Crippen LogP contribution is -2.29. The van der Waals surface area contributed by atoms with Gasteiger partial charge in [-0.25, -0.2) is 0 Å². The van der Waals surface area contributed by atoms with Gasteiger partial charge in [-0.05, 0) is 30.0 Å². The summed E-state index contributed by atoms with van der Waals surface area (Å²) >= 11 is 2.87. The molecule has 1 saturated heterocycles. The smallest absolute Gasteiger partial charge is 0.338 e. The number of carbonyl (C=O) groups is 1. The molecule has 2 unspecified atom stereocenters. The molecule has 1 heterocycles. The van der Waals surface area contributed by atoms with Gasteiger partial charge in [-0.3, -0.25) is 4.79 Å². The fraction of sp³-hybridized carbons (Fsp3) is 0.500. The van der Waals surface area contributed by atoms with E-state index in [4.69, 9.17) is 0 Å². The van der Waals surface area contributed by atoms with Crippen LogP contribution < -0.4 is 0 Å². The minimum Gasteiger partial charge on any atom is -0.338 e. The van der Waals surface area contributed by atoms with Gasteiger partial charge in [-0.1, -0.05) is 29.8 Å². The van der Waals surface area contributed by atoms with Crippen molar-refractivity contribution in [1.82, 2.24) is 4.90 Å². The minimum atomic E-state index is -4.47. The van der Waals surface area contributed by atoms with Crippen molar-refractivity contribution in [3.63, 3.8) is 0 Å². The van der Waals surface area contributed by atoms with Gasteiger partial charge >= 0.3 is 6.18 Å². The summed E-state index contributed by atoms with van der Waals surface area (Å²) in [5.74, 6) is 0.409. The van der Waals surface area contributed by atoms with Crippen LogP contribution in [0, 0.1) is 11.8 Å². The molecule has 2 rings (SSSR count). The highest BCUT2D eigenvalue weighted by Gasteiger charge is 2.35. The minimum absolute atomic E-state index is 0.0512. The zero-order chi connectivity index (χ0) is 15.1. The topological polar surface area (TPSA) is 20.3 Å². The average Bonchev–Trinajstić information content (AvgIpc) is 2.68. The SMILES string of the molecule is CC1CN(C(=O)c2ccc(Br)c(C(F)(F)F)c2)CC1C. The van der Waals surface area contributed by atoms with E-state index in [-0.39, 0.29) is 15.9 Å². The maximum Gasteiger partial charge on any atom is 0.417 e. The Balaban J connectivity index is 2.28. The van der Waals surface area contributed by atoms with Crippen molar-refractivity contribution in [2.24, 2.45) is 11.8 Å². The summed E-state index contributed by atoms with van der Waals surface area (Å²) < 4.78 is 38.5. The van der Waals surface area contributed by atoms with Crippen LogP contribution in [0.4, 0.5) is 13.2 Å². The van der Waals surface area contributed by atoms with Crippen molar-refractivity contribution < 1.29 is 18.0 Å². The third-order valence-corrected chi connectivity index (χ3v) is 4.49. The molecule has 1 fully saturated rings. The lowest BCUT2D eigenvalue weighted by Gasteiger charge is -2.17. The van der Waals surface area contributed by atoms with Gasteiger partial charge in [0.15, 0.2) is 0 Å². The second kappa shape index (κ2) is 5.39. The van der Waals surface area contributed by atoms with Gasteiger partial charge in [-0.2, -0.15) is 13.2 Å². The van der Waals surface area contributed by atoms with E-state index >= 15 is 0 Å². The van der Waals surface area contributed by atoms with Crippen LogP contribution in [0.15, 0.2) is 22.7 Å². The third kappa shape index (κ3) is 3.00. The van der Waals surface area contributed by atoms with Crippen molar-refractivity contribution in [3.8, 4) is 0 Å². The molecule has 0 aliphatic carbocycles. The van der Waals surface area contributed by atoms with Crippen molar-refractivity contribution in [2.75, 3.05) is 13.1 Å². The monoisotopic (exact) mass is 349 g/mol. The second-order valence-corrected chi connectivity index (χ2v) is 6.21. The summed E-state index contributed by atoms with van der Waals surface area (Å²) in [4.78, 5) is 13.9. The molecule has 0 radical (unpaired) electrons. The Hall–Kier alpha value is -1.04. The van der Waals surface area contributed by atoms with Gasteiger partial charge in [-0.15, -0.1) is 0 Å². The number of hydrogen-bond acceptors (Lipinski definition) is 1. The summed E-state index contributed by atoms with van der Waals surface area (Å²) in [5, 5.41) is 0. The molecule has 2 nitrogen and oxygen atoms in total. The zero-order valence-electron chi connectivity index (χ0n) is 11.2. The molecule has 0 aromatic heterocycles. The van der Waals surface area contributed by atoms with Gasteiger partial charge in [0, 0.05) is 23.1 Å². The lowest BCUT2D eigenvalue weighted by atomic mass is 10.0. The van der Waals surface area contributed by atoms with Crippen LogP contribution in [0.5, 0.6) is 0 Å². The predicted molar refractivity (Wildman–Crippen MR) is 73.4 cm³/mol. The molecule has 1 aromatic carbocycles. The molecule has 6 heteroatoms. The molecule has 0 bridgehead atoms. The van der Waals surface area contributed by atoms with Crippen molar-refractivity contribution in [3.05, 3.63) is 33.8 Å². The Bertz CT molecular complexity index is 520. The normalized spacial score (nSPS) is 23.2. The van der Waals surface area contributed by atoms with Crippen LogP contribution in [0.1, 0.15) is 29.8 Å². The highest BCUT2D eigenvalue weighted by atomic mass is 79.9. The molecule has 1 aliphatic rings. The van der Waals surface area contributed by atoms with E-state index < -0.39 is 11.7 Å². The van der Waals surface area contributed by atoms with Gasteiger partial charge in [0.1, 0.15) is 0 Å². The van der Waals surface area contributed by atoms with E-state index in [2.05, 4.69) is 15.9 Å². The lowest BCUT2D eigenvalue weighted by molar-refractivity contribution is -0.138. The van der Waals surface area contributed by atoms with Crippen LogP contribution in [0.2, 0.25) is 0 Å². The number of alkyl halides is 3. The first-order valence-electron chi connectivity index (χ1n) is 6.36. The Morgan fingerprint density at radius 2 is 1.80 bits per heavy atom.